The molecule has 0 aliphatic carbocycles. The van der Waals surface area contributed by atoms with Gasteiger partial charge >= 0.3 is 5.97 Å². The summed E-state index contributed by atoms with van der Waals surface area (Å²) in [6.07, 6.45) is 0.235. The van der Waals surface area contributed by atoms with Crippen LogP contribution in [0.1, 0.15) is 12.5 Å². The summed E-state index contributed by atoms with van der Waals surface area (Å²) in [5, 5.41) is 9.54. The lowest BCUT2D eigenvalue weighted by atomic mass is 9.94. The zero-order valence-electron chi connectivity index (χ0n) is 8.33. The highest BCUT2D eigenvalue weighted by molar-refractivity contribution is 6.31. The number of hydrogen-bond acceptors (Lipinski definition) is 3. The number of benzene rings is 1. The fraction of sp³-hybridized carbons (Fsp3) is 0.300. The van der Waals surface area contributed by atoms with Crippen molar-refractivity contribution < 1.29 is 9.90 Å². The van der Waals surface area contributed by atoms with Gasteiger partial charge in [-0.25, -0.2) is 5.43 Å². The fourth-order valence-corrected chi connectivity index (χ4v) is 1.41. The average molecular weight is 229 g/mol. The first kappa shape index (κ1) is 12.0. The van der Waals surface area contributed by atoms with Crippen molar-refractivity contribution in [1.82, 2.24) is 5.43 Å². The standard InChI is InChI=1S/C10H13ClN2O2/c1-10(13-12,9(14)15)6-7-4-2-3-5-8(7)11/h2-5,13H,6,12H2,1H3,(H,14,15). The molecule has 0 amide bonds. The molecule has 5 heteroatoms. The number of hydrogen-bond donors (Lipinski definition) is 3. The van der Waals surface area contributed by atoms with E-state index in [0.29, 0.717) is 5.02 Å². The van der Waals surface area contributed by atoms with Crippen molar-refractivity contribution in [3.05, 3.63) is 34.9 Å². The second kappa shape index (κ2) is 4.61. The van der Waals surface area contributed by atoms with Gasteiger partial charge in [-0.15, -0.1) is 0 Å². The van der Waals surface area contributed by atoms with Gasteiger partial charge in [0.25, 0.3) is 0 Å². The minimum atomic E-state index is -1.20. The number of halogens is 1. The quantitative estimate of drug-likeness (QED) is 0.535. The van der Waals surface area contributed by atoms with Gasteiger partial charge in [0.1, 0.15) is 5.54 Å². The summed E-state index contributed by atoms with van der Waals surface area (Å²) in [7, 11) is 0. The number of carbonyl (C=O) groups is 1. The lowest BCUT2D eigenvalue weighted by Gasteiger charge is -2.24. The highest BCUT2D eigenvalue weighted by Gasteiger charge is 2.32. The Labute approximate surface area is 93.0 Å². The molecule has 1 atom stereocenters. The Bertz CT molecular complexity index is 370. The maximum atomic E-state index is 11.0. The lowest BCUT2D eigenvalue weighted by Crippen LogP contribution is -2.54. The Morgan fingerprint density at radius 2 is 2.20 bits per heavy atom. The number of hydrazine groups is 1. The van der Waals surface area contributed by atoms with E-state index in [1.54, 1.807) is 24.3 Å². The third-order valence-electron chi connectivity index (χ3n) is 2.29. The summed E-state index contributed by atoms with van der Waals surface area (Å²) < 4.78 is 0. The fourth-order valence-electron chi connectivity index (χ4n) is 1.21. The minimum Gasteiger partial charge on any atom is -0.480 e. The summed E-state index contributed by atoms with van der Waals surface area (Å²) in [4.78, 5) is 11.0. The third-order valence-corrected chi connectivity index (χ3v) is 2.66. The smallest absolute Gasteiger partial charge is 0.325 e. The number of carboxylic acid groups (broad SMARTS) is 1. The molecule has 1 rings (SSSR count). The lowest BCUT2D eigenvalue weighted by molar-refractivity contribution is -0.144. The third kappa shape index (κ3) is 2.68. The SMILES string of the molecule is CC(Cc1ccccc1Cl)(NN)C(=O)O. The molecule has 82 valence electrons. The molecule has 0 spiro atoms. The Kier molecular flexibility index (Phi) is 3.68. The summed E-state index contributed by atoms with van der Waals surface area (Å²) in [5.41, 5.74) is 1.84. The minimum absolute atomic E-state index is 0.235. The van der Waals surface area contributed by atoms with Gasteiger partial charge in [0.15, 0.2) is 0 Å². The Morgan fingerprint density at radius 1 is 1.60 bits per heavy atom. The predicted molar refractivity (Wildman–Crippen MR) is 58.5 cm³/mol. The van der Waals surface area contributed by atoms with Gasteiger partial charge in [0, 0.05) is 11.4 Å². The van der Waals surface area contributed by atoms with Crippen LogP contribution in [0.3, 0.4) is 0 Å². The van der Waals surface area contributed by atoms with Crippen LogP contribution in [0.15, 0.2) is 24.3 Å². The van der Waals surface area contributed by atoms with Gasteiger partial charge in [-0.1, -0.05) is 29.8 Å². The van der Waals surface area contributed by atoms with Crippen LogP contribution in [0.4, 0.5) is 0 Å². The van der Waals surface area contributed by atoms with Crippen LogP contribution in [0, 0.1) is 0 Å². The molecule has 4 N–H and O–H groups in total. The predicted octanol–water partition coefficient (Wildman–Crippen LogP) is 1.19. The molecular formula is C10H13ClN2O2. The molecule has 0 aliphatic heterocycles. The molecule has 0 aliphatic rings. The molecule has 15 heavy (non-hydrogen) atoms. The Hall–Kier alpha value is -1.10. The largest absolute Gasteiger partial charge is 0.480 e. The van der Waals surface area contributed by atoms with E-state index in [0.717, 1.165) is 5.56 Å². The molecule has 0 fully saturated rings. The maximum Gasteiger partial charge on any atom is 0.325 e. The summed E-state index contributed by atoms with van der Waals surface area (Å²) in [5.74, 6) is 4.22. The molecule has 0 bridgehead atoms. The summed E-state index contributed by atoms with van der Waals surface area (Å²) in [6, 6.07) is 7.09. The van der Waals surface area contributed by atoms with Crippen molar-refractivity contribution in [3.63, 3.8) is 0 Å². The monoisotopic (exact) mass is 228 g/mol. The van der Waals surface area contributed by atoms with E-state index in [9.17, 15) is 4.79 Å². The van der Waals surface area contributed by atoms with Crippen LogP contribution in [-0.2, 0) is 11.2 Å². The molecule has 4 nitrogen and oxygen atoms in total. The number of carboxylic acids is 1. The molecule has 0 heterocycles. The van der Waals surface area contributed by atoms with Gasteiger partial charge in [0.05, 0.1) is 0 Å². The highest BCUT2D eigenvalue weighted by atomic mass is 35.5. The van der Waals surface area contributed by atoms with Crippen molar-refractivity contribution in [2.75, 3.05) is 0 Å². The van der Waals surface area contributed by atoms with Crippen LogP contribution in [-0.4, -0.2) is 16.6 Å². The second-order valence-corrected chi connectivity index (χ2v) is 3.96. The zero-order valence-corrected chi connectivity index (χ0v) is 9.08. The number of nitrogens with one attached hydrogen (secondary N) is 1. The van der Waals surface area contributed by atoms with Crippen LogP contribution >= 0.6 is 11.6 Å². The van der Waals surface area contributed by atoms with Crippen LogP contribution < -0.4 is 11.3 Å². The van der Waals surface area contributed by atoms with E-state index in [1.807, 2.05) is 0 Å². The first-order chi connectivity index (χ1) is 6.99. The number of nitrogens with two attached hydrogens (primary N) is 1. The Balaban J connectivity index is 2.94. The summed E-state index contributed by atoms with van der Waals surface area (Å²) in [6.45, 7) is 1.51. The van der Waals surface area contributed by atoms with Crippen LogP contribution in [0.5, 0.6) is 0 Å². The van der Waals surface area contributed by atoms with E-state index in [2.05, 4.69) is 5.43 Å². The van der Waals surface area contributed by atoms with E-state index in [1.165, 1.54) is 6.92 Å². The highest BCUT2D eigenvalue weighted by Crippen LogP contribution is 2.20. The molecule has 0 saturated heterocycles. The molecule has 1 aromatic carbocycles. The molecule has 0 saturated carbocycles. The summed E-state index contributed by atoms with van der Waals surface area (Å²) >= 11 is 5.93. The molecule has 1 aromatic rings. The van der Waals surface area contributed by atoms with Gasteiger partial charge in [-0.2, -0.15) is 0 Å². The van der Waals surface area contributed by atoms with E-state index in [4.69, 9.17) is 22.6 Å². The Morgan fingerprint density at radius 3 is 2.67 bits per heavy atom. The van der Waals surface area contributed by atoms with Crippen molar-refractivity contribution in [2.24, 2.45) is 5.84 Å². The maximum absolute atomic E-state index is 11.0. The van der Waals surface area contributed by atoms with Crippen molar-refractivity contribution >= 4 is 17.6 Å². The van der Waals surface area contributed by atoms with Gasteiger partial charge < -0.3 is 5.11 Å². The first-order valence-corrected chi connectivity index (χ1v) is 4.82. The number of rotatable bonds is 4. The molecule has 0 radical (unpaired) electrons. The van der Waals surface area contributed by atoms with E-state index in [-0.39, 0.29) is 6.42 Å². The van der Waals surface area contributed by atoms with Crippen LogP contribution in [0.25, 0.3) is 0 Å². The zero-order chi connectivity index (χ0) is 11.5. The first-order valence-electron chi connectivity index (χ1n) is 4.44. The van der Waals surface area contributed by atoms with E-state index >= 15 is 0 Å². The van der Waals surface area contributed by atoms with Gasteiger partial charge in [0.2, 0.25) is 0 Å². The number of aliphatic carboxylic acids is 1. The second-order valence-electron chi connectivity index (χ2n) is 3.55. The molecular weight excluding hydrogens is 216 g/mol. The van der Waals surface area contributed by atoms with E-state index < -0.39 is 11.5 Å². The average Bonchev–Trinajstić information content (AvgIpc) is 2.21. The van der Waals surface area contributed by atoms with Gasteiger partial charge in [-0.05, 0) is 18.6 Å². The van der Waals surface area contributed by atoms with Crippen LogP contribution in [0.2, 0.25) is 5.02 Å². The molecule has 0 aromatic heterocycles. The van der Waals surface area contributed by atoms with Crippen molar-refractivity contribution in [2.45, 2.75) is 18.9 Å². The topological polar surface area (TPSA) is 75.3 Å². The normalized spacial score (nSPS) is 14.6. The van der Waals surface area contributed by atoms with Crippen molar-refractivity contribution in [1.29, 1.82) is 0 Å². The molecule has 1 unspecified atom stereocenters. The van der Waals surface area contributed by atoms with Crippen molar-refractivity contribution in [3.8, 4) is 0 Å². The van der Waals surface area contributed by atoms with Gasteiger partial charge in [-0.3, -0.25) is 10.6 Å².